The Bertz CT molecular complexity index is 906. The molecule has 2 fully saturated rings. The van der Waals surface area contributed by atoms with Gasteiger partial charge >= 0.3 is 0 Å². The molecule has 1 saturated heterocycles. The highest BCUT2D eigenvalue weighted by molar-refractivity contribution is 6.33. The number of anilines is 2. The highest BCUT2D eigenvalue weighted by Crippen LogP contribution is 2.30. The number of ether oxygens (including phenoxy) is 1. The summed E-state index contributed by atoms with van der Waals surface area (Å²) in [4.78, 5) is 28.3. The summed E-state index contributed by atoms with van der Waals surface area (Å²) < 4.78 is 5.40. The first-order valence-electron chi connectivity index (χ1n) is 12.0. The Balaban J connectivity index is 1.77. The van der Waals surface area contributed by atoms with Crippen molar-refractivity contribution in [3.63, 3.8) is 0 Å². The van der Waals surface area contributed by atoms with Crippen molar-refractivity contribution in [3.8, 4) is 0 Å². The van der Waals surface area contributed by atoms with Crippen LogP contribution in [0.3, 0.4) is 0 Å². The van der Waals surface area contributed by atoms with Crippen molar-refractivity contribution in [1.82, 2.24) is 5.32 Å². The predicted molar refractivity (Wildman–Crippen MR) is 135 cm³/mol. The van der Waals surface area contributed by atoms with Gasteiger partial charge in [0.05, 0.1) is 35.8 Å². The van der Waals surface area contributed by atoms with Crippen molar-refractivity contribution < 1.29 is 19.4 Å². The molecular weight excluding hydrogens is 456 g/mol. The lowest BCUT2D eigenvalue weighted by molar-refractivity contribution is -0.125. The van der Waals surface area contributed by atoms with Crippen LogP contribution in [-0.4, -0.2) is 55.0 Å². The van der Waals surface area contributed by atoms with E-state index in [2.05, 4.69) is 15.5 Å². The first kappa shape index (κ1) is 26.0. The molecule has 1 aliphatic heterocycles. The van der Waals surface area contributed by atoms with Crippen LogP contribution in [0, 0.1) is 11.3 Å². The molecule has 1 aliphatic carbocycles. The minimum absolute atomic E-state index is 0.0293. The third-order valence-electron chi connectivity index (χ3n) is 6.54. The molecule has 186 valence electrons. The average Bonchev–Trinajstić information content (AvgIpc) is 2.78. The van der Waals surface area contributed by atoms with Crippen LogP contribution >= 0.6 is 11.6 Å². The van der Waals surface area contributed by atoms with Crippen LogP contribution in [0.2, 0.25) is 5.02 Å². The molecule has 2 amide bonds. The van der Waals surface area contributed by atoms with E-state index in [-0.39, 0.29) is 23.1 Å². The summed E-state index contributed by atoms with van der Waals surface area (Å²) in [6, 6.07) is 4.64. The van der Waals surface area contributed by atoms with E-state index in [4.69, 9.17) is 21.7 Å². The number of carbonyl (C=O) groups excluding carboxylic acids is 2. The molecule has 1 aromatic carbocycles. The highest BCUT2D eigenvalue weighted by atomic mass is 35.5. The molecule has 0 spiro atoms. The second-order valence-corrected chi connectivity index (χ2v) is 9.39. The van der Waals surface area contributed by atoms with Gasteiger partial charge in [-0.05, 0) is 43.9 Å². The number of hydrogen-bond acceptors (Lipinski definition) is 6. The zero-order valence-electron chi connectivity index (χ0n) is 19.7. The molecule has 3 rings (SSSR count). The van der Waals surface area contributed by atoms with Crippen molar-refractivity contribution in [2.45, 2.75) is 57.9 Å². The molecule has 34 heavy (non-hydrogen) atoms. The number of amides is 2. The van der Waals surface area contributed by atoms with E-state index in [0.29, 0.717) is 30.2 Å². The molecule has 0 radical (unpaired) electrons. The van der Waals surface area contributed by atoms with Gasteiger partial charge in [-0.2, -0.15) is 0 Å². The Morgan fingerprint density at radius 1 is 1.18 bits per heavy atom. The fraction of sp³-hybridized carbons (Fsp3) is 0.560. The fourth-order valence-corrected chi connectivity index (χ4v) is 4.93. The maximum Gasteiger partial charge on any atom is 0.256 e. The molecule has 4 N–H and O–H groups in total. The zero-order valence-corrected chi connectivity index (χ0v) is 20.5. The standard InChI is InChI=1S/C25H35ClN4O4/c1-17(27)20(16-31)24(32)29-23(18-7-5-3-2-4-6-8-18)25(33)28-19-9-10-22(21(26)15-19)30-11-13-34-14-12-30/h9-10,15-16,18,23,27,31H,2-8,11-14H2,1H3,(H,28,33)(H,29,32)/b20-16+,27-17?. The third kappa shape index (κ3) is 6.96. The number of morpholine rings is 1. The van der Waals surface area contributed by atoms with Gasteiger partial charge in [-0.25, -0.2) is 0 Å². The largest absolute Gasteiger partial charge is 0.515 e. The number of nitrogens with zero attached hydrogens (tertiary/aromatic N) is 1. The van der Waals surface area contributed by atoms with E-state index in [1.807, 2.05) is 12.1 Å². The van der Waals surface area contributed by atoms with Gasteiger partial charge in [0, 0.05) is 24.5 Å². The maximum absolute atomic E-state index is 13.4. The summed E-state index contributed by atoms with van der Waals surface area (Å²) in [5.41, 5.74) is 1.23. The summed E-state index contributed by atoms with van der Waals surface area (Å²) in [6.45, 7) is 4.24. The quantitative estimate of drug-likeness (QED) is 0.256. The van der Waals surface area contributed by atoms with Crippen LogP contribution in [0.25, 0.3) is 0 Å². The van der Waals surface area contributed by atoms with E-state index in [1.54, 1.807) is 6.07 Å². The van der Waals surface area contributed by atoms with Crippen molar-refractivity contribution in [2.24, 2.45) is 5.92 Å². The smallest absolute Gasteiger partial charge is 0.256 e. The minimum atomic E-state index is -0.780. The Morgan fingerprint density at radius 2 is 1.82 bits per heavy atom. The van der Waals surface area contributed by atoms with Crippen LogP contribution in [-0.2, 0) is 14.3 Å². The van der Waals surface area contributed by atoms with Crippen molar-refractivity contribution in [3.05, 3.63) is 35.1 Å². The van der Waals surface area contributed by atoms with E-state index in [9.17, 15) is 14.7 Å². The number of nitrogens with one attached hydrogen (secondary N) is 3. The molecule has 1 atom stereocenters. The molecule has 8 nitrogen and oxygen atoms in total. The Labute approximate surface area is 206 Å². The molecule has 1 saturated carbocycles. The third-order valence-corrected chi connectivity index (χ3v) is 6.84. The van der Waals surface area contributed by atoms with E-state index < -0.39 is 11.9 Å². The van der Waals surface area contributed by atoms with Gasteiger partial charge in [0.1, 0.15) is 6.04 Å². The Hall–Kier alpha value is -2.58. The summed E-state index contributed by atoms with van der Waals surface area (Å²) in [7, 11) is 0. The lowest BCUT2D eigenvalue weighted by Crippen LogP contribution is -2.49. The first-order chi connectivity index (χ1) is 16.4. The van der Waals surface area contributed by atoms with Gasteiger partial charge in [0.2, 0.25) is 5.91 Å². The number of hydrogen-bond donors (Lipinski definition) is 4. The van der Waals surface area contributed by atoms with Gasteiger partial charge in [0.15, 0.2) is 0 Å². The predicted octanol–water partition coefficient (Wildman–Crippen LogP) is 4.44. The summed E-state index contributed by atoms with van der Waals surface area (Å²) >= 11 is 6.53. The molecular formula is C25H35ClN4O4. The van der Waals surface area contributed by atoms with Gasteiger partial charge in [-0.3, -0.25) is 9.59 Å². The molecule has 9 heteroatoms. The van der Waals surface area contributed by atoms with Gasteiger partial charge in [-0.1, -0.05) is 43.7 Å². The maximum atomic E-state index is 13.4. The molecule has 1 unspecified atom stereocenters. The molecule has 0 bridgehead atoms. The van der Waals surface area contributed by atoms with E-state index in [1.165, 1.54) is 13.3 Å². The number of benzene rings is 1. The number of aliphatic hydroxyl groups is 1. The number of halogens is 1. The van der Waals surface area contributed by atoms with Crippen LogP contribution in [0.4, 0.5) is 11.4 Å². The van der Waals surface area contributed by atoms with Gasteiger partial charge < -0.3 is 30.8 Å². The molecule has 2 aliphatic rings. The fourth-order valence-electron chi connectivity index (χ4n) is 4.63. The first-order valence-corrected chi connectivity index (χ1v) is 12.4. The van der Waals surface area contributed by atoms with Crippen LogP contribution in [0.15, 0.2) is 30.0 Å². The van der Waals surface area contributed by atoms with Crippen LogP contribution in [0.5, 0.6) is 0 Å². The molecule has 1 aromatic rings. The second kappa shape index (κ2) is 12.8. The van der Waals surface area contributed by atoms with Crippen molar-refractivity contribution >= 4 is 40.5 Å². The van der Waals surface area contributed by atoms with Crippen LogP contribution < -0.4 is 15.5 Å². The molecule has 0 aromatic heterocycles. The van der Waals surface area contributed by atoms with Crippen LogP contribution in [0.1, 0.15) is 51.9 Å². The van der Waals surface area contributed by atoms with Crippen molar-refractivity contribution in [2.75, 3.05) is 36.5 Å². The summed E-state index contributed by atoms with van der Waals surface area (Å²) in [5.74, 6) is -0.981. The lowest BCUT2D eigenvalue weighted by Gasteiger charge is -2.30. The average molecular weight is 491 g/mol. The Kier molecular flexibility index (Phi) is 9.77. The van der Waals surface area contributed by atoms with Gasteiger partial charge in [-0.15, -0.1) is 0 Å². The number of carbonyl (C=O) groups is 2. The number of aliphatic hydroxyl groups excluding tert-OH is 1. The van der Waals surface area contributed by atoms with Crippen molar-refractivity contribution in [1.29, 1.82) is 5.41 Å². The SMILES string of the molecule is CC(=N)/C(=C\O)C(=O)NC(C(=O)Nc1ccc(N2CCOCC2)c(Cl)c1)C1CCCCCCC1. The Morgan fingerprint density at radius 3 is 2.41 bits per heavy atom. The van der Waals surface area contributed by atoms with Gasteiger partial charge in [0.25, 0.3) is 5.91 Å². The minimum Gasteiger partial charge on any atom is -0.515 e. The normalized spacial score (nSPS) is 19.0. The molecule has 1 heterocycles. The summed E-state index contributed by atoms with van der Waals surface area (Å²) in [6.07, 6.45) is 7.68. The summed E-state index contributed by atoms with van der Waals surface area (Å²) in [5, 5.41) is 23.4. The second-order valence-electron chi connectivity index (χ2n) is 8.98. The highest BCUT2D eigenvalue weighted by Gasteiger charge is 2.31. The van der Waals surface area contributed by atoms with E-state index in [0.717, 1.165) is 57.3 Å². The number of rotatable bonds is 7. The van der Waals surface area contributed by atoms with E-state index >= 15 is 0 Å². The zero-order chi connectivity index (χ0) is 24.5. The monoisotopic (exact) mass is 490 g/mol. The topological polar surface area (TPSA) is 115 Å². The lowest BCUT2D eigenvalue weighted by atomic mass is 9.85.